The van der Waals surface area contributed by atoms with Gasteiger partial charge in [0.1, 0.15) is 16.5 Å². The molecule has 0 aliphatic heterocycles. The lowest BCUT2D eigenvalue weighted by molar-refractivity contribution is 0.0697. The number of aromatic carboxylic acids is 1. The van der Waals surface area contributed by atoms with Gasteiger partial charge in [0.2, 0.25) is 0 Å². The minimum atomic E-state index is -1.06. The van der Waals surface area contributed by atoms with Crippen LogP contribution in [0.2, 0.25) is 5.15 Å². The van der Waals surface area contributed by atoms with Crippen molar-refractivity contribution in [3.63, 3.8) is 0 Å². The first-order chi connectivity index (χ1) is 8.56. The number of hydrogen-bond acceptors (Lipinski definition) is 3. The molecule has 0 spiro atoms. The van der Waals surface area contributed by atoms with Crippen molar-refractivity contribution in [2.24, 2.45) is 0 Å². The summed E-state index contributed by atoms with van der Waals surface area (Å²) < 4.78 is 0.881. The van der Waals surface area contributed by atoms with E-state index in [2.05, 4.69) is 26.2 Å². The van der Waals surface area contributed by atoms with E-state index in [4.69, 9.17) is 16.7 Å². The number of carboxylic acid groups (broad SMARTS) is 1. The fourth-order valence-electron chi connectivity index (χ4n) is 1.41. The van der Waals surface area contributed by atoms with Gasteiger partial charge in [-0.15, -0.1) is 0 Å². The van der Waals surface area contributed by atoms with Gasteiger partial charge in [-0.3, -0.25) is 0 Å². The van der Waals surface area contributed by atoms with Crippen LogP contribution < -0.4 is 5.32 Å². The molecule has 1 aromatic heterocycles. The van der Waals surface area contributed by atoms with E-state index >= 15 is 0 Å². The zero-order valence-electron chi connectivity index (χ0n) is 9.02. The van der Waals surface area contributed by atoms with E-state index in [1.165, 1.54) is 12.1 Å². The molecule has 0 saturated carbocycles. The molecule has 0 fully saturated rings. The highest BCUT2D eigenvalue weighted by Gasteiger charge is 2.12. The topological polar surface area (TPSA) is 62.2 Å². The number of pyridine rings is 1. The standard InChI is InChI=1S/C12H8BrClN2O2/c13-7-2-1-3-8(6-7)15-11-9(12(17)18)4-5-10(14)16-11/h1-6H,(H,15,16)(H,17,18). The first-order valence-electron chi connectivity index (χ1n) is 4.98. The number of hydrogen-bond donors (Lipinski definition) is 2. The van der Waals surface area contributed by atoms with E-state index in [0.29, 0.717) is 0 Å². The summed E-state index contributed by atoms with van der Waals surface area (Å²) in [4.78, 5) is 15.0. The molecular weight excluding hydrogens is 320 g/mol. The Kier molecular flexibility index (Phi) is 3.84. The highest BCUT2D eigenvalue weighted by Crippen LogP contribution is 2.23. The van der Waals surface area contributed by atoms with E-state index in [9.17, 15) is 4.79 Å². The number of carbonyl (C=O) groups is 1. The van der Waals surface area contributed by atoms with E-state index in [1.54, 1.807) is 6.07 Å². The molecule has 0 aliphatic rings. The lowest BCUT2D eigenvalue weighted by Crippen LogP contribution is -2.04. The Balaban J connectivity index is 2.39. The Morgan fingerprint density at radius 2 is 2.11 bits per heavy atom. The van der Waals surface area contributed by atoms with Gasteiger partial charge in [-0.2, -0.15) is 0 Å². The van der Waals surface area contributed by atoms with Crippen molar-refractivity contribution >= 4 is 45.0 Å². The molecule has 0 radical (unpaired) electrons. The Morgan fingerprint density at radius 3 is 2.78 bits per heavy atom. The molecular formula is C12H8BrClN2O2. The Hall–Kier alpha value is -1.59. The Bertz CT molecular complexity index is 604. The van der Waals surface area contributed by atoms with Crippen LogP contribution in [0, 0.1) is 0 Å². The zero-order chi connectivity index (χ0) is 13.1. The minimum Gasteiger partial charge on any atom is -0.478 e. The van der Waals surface area contributed by atoms with Crippen molar-refractivity contribution in [1.29, 1.82) is 0 Å². The van der Waals surface area contributed by atoms with Gasteiger partial charge in [0, 0.05) is 10.2 Å². The Morgan fingerprint density at radius 1 is 1.33 bits per heavy atom. The second kappa shape index (κ2) is 5.37. The molecule has 92 valence electrons. The molecule has 1 heterocycles. The van der Waals surface area contributed by atoms with E-state index in [0.717, 1.165) is 10.2 Å². The van der Waals surface area contributed by atoms with Crippen LogP contribution in [0.4, 0.5) is 11.5 Å². The number of halogens is 2. The second-order valence-corrected chi connectivity index (χ2v) is 4.77. The SMILES string of the molecule is O=C(O)c1ccc(Cl)nc1Nc1cccc(Br)c1. The van der Waals surface area contributed by atoms with Gasteiger partial charge in [-0.1, -0.05) is 33.6 Å². The predicted molar refractivity (Wildman–Crippen MR) is 73.6 cm³/mol. The molecule has 6 heteroatoms. The lowest BCUT2D eigenvalue weighted by Gasteiger charge is -2.09. The summed E-state index contributed by atoms with van der Waals surface area (Å²) in [6, 6.07) is 10.2. The van der Waals surface area contributed by atoms with Gasteiger partial charge >= 0.3 is 5.97 Å². The average Bonchev–Trinajstić information content (AvgIpc) is 2.28. The van der Waals surface area contributed by atoms with Crippen LogP contribution in [0.3, 0.4) is 0 Å². The van der Waals surface area contributed by atoms with Gasteiger partial charge in [-0.25, -0.2) is 9.78 Å². The lowest BCUT2D eigenvalue weighted by atomic mass is 10.2. The molecule has 0 unspecified atom stereocenters. The van der Waals surface area contributed by atoms with Crippen LogP contribution in [0.5, 0.6) is 0 Å². The maximum atomic E-state index is 11.1. The van der Waals surface area contributed by atoms with Crippen molar-refractivity contribution < 1.29 is 9.90 Å². The van der Waals surface area contributed by atoms with Crippen LogP contribution >= 0.6 is 27.5 Å². The van der Waals surface area contributed by atoms with Crippen molar-refractivity contribution in [2.75, 3.05) is 5.32 Å². The first kappa shape index (κ1) is 12.9. The van der Waals surface area contributed by atoms with Gasteiger partial charge in [0.15, 0.2) is 0 Å². The van der Waals surface area contributed by atoms with E-state index in [-0.39, 0.29) is 16.5 Å². The highest BCUT2D eigenvalue weighted by molar-refractivity contribution is 9.10. The quantitative estimate of drug-likeness (QED) is 0.838. The number of anilines is 2. The summed E-state index contributed by atoms with van der Waals surface area (Å²) >= 11 is 9.10. The Labute approximate surface area is 117 Å². The third-order valence-corrected chi connectivity index (χ3v) is 2.88. The molecule has 2 N–H and O–H groups in total. The monoisotopic (exact) mass is 326 g/mol. The first-order valence-corrected chi connectivity index (χ1v) is 6.16. The van der Waals surface area contributed by atoms with Crippen molar-refractivity contribution in [3.05, 3.63) is 51.6 Å². The maximum Gasteiger partial charge on any atom is 0.339 e. The maximum absolute atomic E-state index is 11.1. The number of rotatable bonds is 3. The van der Waals surface area contributed by atoms with Crippen molar-refractivity contribution in [1.82, 2.24) is 4.98 Å². The molecule has 0 amide bonds. The predicted octanol–water partition coefficient (Wildman–Crippen LogP) is 3.94. The molecule has 0 atom stereocenters. The van der Waals surface area contributed by atoms with Gasteiger partial charge in [0.25, 0.3) is 0 Å². The normalized spacial score (nSPS) is 10.1. The number of carboxylic acids is 1. The number of nitrogens with one attached hydrogen (secondary N) is 1. The van der Waals surface area contributed by atoms with Crippen molar-refractivity contribution in [3.8, 4) is 0 Å². The molecule has 2 aromatic rings. The van der Waals surface area contributed by atoms with E-state index < -0.39 is 5.97 Å². The van der Waals surface area contributed by atoms with Gasteiger partial charge in [-0.05, 0) is 30.3 Å². The van der Waals surface area contributed by atoms with Crippen LogP contribution in [0.25, 0.3) is 0 Å². The van der Waals surface area contributed by atoms with Crippen LogP contribution in [0.15, 0.2) is 40.9 Å². The molecule has 1 aromatic carbocycles. The summed E-state index contributed by atoms with van der Waals surface area (Å²) in [5.74, 6) is -0.843. The van der Waals surface area contributed by atoms with E-state index in [1.807, 2.05) is 18.2 Å². The number of benzene rings is 1. The summed E-state index contributed by atoms with van der Waals surface area (Å²) in [7, 11) is 0. The summed E-state index contributed by atoms with van der Waals surface area (Å²) in [5, 5.41) is 12.2. The molecule has 0 saturated heterocycles. The second-order valence-electron chi connectivity index (χ2n) is 3.47. The van der Waals surface area contributed by atoms with Gasteiger partial charge in [0.05, 0.1) is 0 Å². The van der Waals surface area contributed by atoms with Crippen LogP contribution in [0.1, 0.15) is 10.4 Å². The molecule has 0 bridgehead atoms. The number of nitrogens with zero attached hydrogens (tertiary/aromatic N) is 1. The summed E-state index contributed by atoms with van der Waals surface area (Å²) in [6.07, 6.45) is 0. The summed E-state index contributed by atoms with van der Waals surface area (Å²) in [6.45, 7) is 0. The molecule has 18 heavy (non-hydrogen) atoms. The highest BCUT2D eigenvalue weighted by atomic mass is 79.9. The van der Waals surface area contributed by atoms with Gasteiger partial charge < -0.3 is 10.4 Å². The largest absolute Gasteiger partial charge is 0.478 e. The zero-order valence-corrected chi connectivity index (χ0v) is 11.4. The fourth-order valence-corrected chi connectivity index (χ4v) is 1.95. The fraction of sp³-hybridized carbons (Fsp3) is 0. The summed E-state index contributed by atoms with van der Waals surface area (Å²) in [5.41, 5.74) is 0.793. The number of aromatic nitrogens is 1. The molecule has 2 rings (SSSR count). The molecule has 4 nitrogen and oxygen atoms in total. The van der Waals surface area contributed by atoms with Crippen LogP contribution in [-0.2, 0) is 0 Å². The minimum absolute atomic E-state index is 0.0689. The smallest absolute Gasteiger partial charge is 0.339 e. The third-order valence-electron chi connectivity index (χ3n) is 2.18. The van der Waals surface area contributed by atoms with Crippen molar-refractivity contribution in [2.45, 2.75) is 0 Å². The van der Waals surface area contributed by atoms with Crippen LogP contribution in [-0.4, -0.2) is 16.1 Å². The molecule has 0 aliphatic carbocycles. The average molecular weight is 328 g/mol. The third kappa shape index (κ3) is 3.00.